The SMILES string of the molecule is [C-]#[N+]c1c(N(c2ccccc2C)c2ccccc2C)sc(C(=C2C=CC(=[N+](CC)c3c(C)cccc3C)C=C2)c2ccc(N(CC)c3c(C)cccc3C)cc2)c1-c1ccccc1. The molecule has 1 heterocycles. The summed E-state index contributed by atoms with van der Waals surface area (Å²) in [6.07, 6.45) is 9.07. The highest BCUT2D eigenvalue weighted by Gasteiger charge is 2.30. The van der Waals surface area contributed by atoms with Crippen LogP contribution in [0.1, 0.15) is 57.7 Å². The number of benzene rings is 6. The Morgan fingerprint density at radius 1 is 0.587 bits per heavy atom. The standard InChI is InChI=1S/C58H55N4S/c1-10-60(55-41(5)23-19-24-42(55)6)48-35-31-46(32-36-48)52(47-33-37-49(38-34-47)61(11-2)56-43(7)25-20-26-44(56)8)57-53(45-27-13-12-14-28-45)54(59-9)58(63-57)62(50-29-17-15-21-39(50)3)51-30-18-16-22-40(51)4/h12-38H,10-11H2,1-8H3/q+1. The molecular weight excluding hydrogens is 785 g/mol. The van der Waals surface area contributed by atoms with Crippen LogP contribution in [0.25, 0.3) is 21.5 Å². The summed E-state index contributed by atoms with van der Waals surface area (Å²) >= 11 is 1.70. The van der Waals surface area contributed by atoms with Crippen LogP contribution >= 0.6 is 11.3 Å². The lowest BCUT2D eigenvalue weighted by atomic mass is 9.91. The van der Waals surface area contributed by atoms with E-state index in [4.69, 9.17) is 6.57 Å². The van der Waals surface area contributed by atoms with Crippen LogP contribution in [0.3, 0.4) is 0 Å². The topological polar surface area (TPSA) is 13.8 Å². The molecule has 0 fully saturated rings. The molecule has 0 saturated heterocycles. The van der Waals surface area contributed by atoms with Crippen molar-refractivity contribution in [1.29, 1.82) is 0 Å². The Labute approximate surface area is 378 Å². The van der Waals surface area contributed by atoms with Gasteiger partial charge in [-0.15, -0.1) is 11.3 Å². The Bertz CT molecular complexity index is 2890. The molecular formula is C58H55N4S+. The molecule has 7 aromatic rings. The number of aryl methyl sites for hydroxylation is 6. The van der Waals surface area contributed by atoms with E-state index in [0.717, 1.165) is 84.7 Å². The van der Waals surface area contributed by atoms with Crippen LogP contribution in [0.15, 0.2) is 169 Å². The average molecular weight is 840 g/mol. The summed E-state index contributed by atoms with van der Waals surface area (Å²) in [6.45, 7) is 28.2. The molecule has 63 heavy (non-hydrogen) atoms. The molecule has 4 nitrogen and oxygen atoms in total. The fourth-order valence-electron chi connectivity index (χ4n) is 9.14. The number of hydrogen-bond acceptors (Lipinski definition) is 3. The van der Waals surface area contributed by atoms with Crippen LogP contribution < -0.4 is 9.80 Å². The maximum absolute atomic E-state index is 8.97. The molecule has 0 unspecified atom stereocenters. The van der Waals surface area contributed by atoms with E-state index < -0.39 is 0 Å². The van der Waals surface area contributed by atoms with E-state index in [-0.39, 0.29) is 0 Å². The van der Waals surface area contributed by atoms with Crippen LogP contribution in [0.4, 0.5) is 39.1 Å². The van der Waals surface area contributed by atoms with Gasteiger partial charge in [0, 0.05) is 68.6 Å². The molecule has 0 atom stereocenters. The Kier molecular flexibility index (Phi) is 12.6. The first-order valence-electron chi connectivity index (χ1n) is 21.9. The first kappa shape index (κ1) is 42.7. The molecule has 0 radical (unpaired) electrons. The second-order valence-electron chi connectivity index (χ2n) is 16.3. The number of hydrogen-bond donors (Lipinski definition) is 0. The first-order valence-corrected chi connectivity index (χ1v) is 22.7. The molecule has 1 aliphatic carbocycles. The summed E-state index contributed by atoms with van der Waals surface area (Å²) in [5.41, 5.74) is 20.1. The van der Waals surface area contributed by atoms with Gasteiger partial charge in [0.05, 0.1) is 6.57 Å². The fourth-order valence-corrected chi connectivity index (χ4v) is 10.5. The van der Waals surface area contributed by atoms with Crippen molar-refractivity contribution in [3.8, 4) is 11.1 Å². The molecule has 312 valence electrons. The molecule has 0 saturated carbocycles. The predicted molar refractivity (Wildman–Crippen MR) is 271 cm³/mol. The Morgan fingerprint density at radius 3 is 1.63 bits per heavy atom. The largest absolute Gasteiger partial charge is 0.341 e. The third-order valence-corrected chi connectivity index (χ3v) is 13.4. The fraction of sp³-hybridized carbons (Fsp3) is 0.172. The smallest absolute Gasteiger partial charge is 0.229 e. The van der Waals surface area contributed by atoms with Crippen molar-refractivity contribution < 1.29 is 4.58 Å². The summed E-state index contributed by atoms with van der Waals surface area (Å²) in [4.78, 5) is 10.2. The Hall–Kier alpha value is -7.00. The molecule has 1 aromatic heterocycles. The van der Waals surface area contributed by atoms with Crippen molar-refractivity contribution >= 4 is 61.7 Å². The number of nitrogens with zero attached hydrogens (tertiary/aromatic N) is 4. The zero-order valence-electron chi connectivity index (χ0n) is 37.7. The monoisotopic (exact) mass is 839 g/mol. The lowest BCUT2D eigenvalue weighted by molar-refractivity contribution is -0.435. The van der Waals surface area contributed by atoms with Crippen LogP contribution in [0.5, 0.6) is 0 Å². The van der Waals surface area contributed by atoms with E-state index in [0.29, 0.717) is 5.69 Å². The van der Waals surface area contributed by atoms with Gasteiger partial charge in [0.25, 0.3) is 0 Å². The summed E-state index contributed by atoms with van der Waals surface area (Å²) in [6, 6.07) is 49.6. The first-order chi connectivity index (χ1) is 30.6. The highest BCUT2D eigenvalue weighted by atomic mass is 32.1. The van der Waals surface area contributed by atoms with E-state index in [9.17, 15) is 0 Å². The maximum Gasteiger partial charge on any atom is 0.229 e. The normalized spacial score (nSPS) is 12.0. The van der Waals surface area contributed by atoms with Crippen molar-refractivity contribution in [2.75, 3.05) is 22.9 Å². The van der Waals surface area contributed by atoms with Gasteiger partial charge in [-0.3, -0.25) is 0 Å². The third-order valence-electron chi connectivity index (χ3n) is 12.2. The van der Waals surface area contributed by atoms with Crippen molar-refractivity contribution in [2.45, 2.75) is 55.4 Å². The van der Waals surface area contributed by atoms with Gasteiger partial charge in [-0.2, -0.15) is 4.58 Å². The second kappa shape index (κ2) is 18.5. The van der Waals surface area contributed by atoms with Crippen molar-refractivity contribution in [1.82, 2.24) is 0 Å². The van der Waals surface area contributed by atoms with Gasteiger partial charge in [-0.05, 0) is 131 Å². The second-order valence-corrected chi connectivity index (χ2v) is 17.3. The molecule has 1 aliphatic rings. The maximum atomic E-state index is 8.97. The zero-order valence-corrected chi connectivity index (χ0v) is 38.5. The Balaban J connectivity index is 1.41. The molecule has 0 N–H and O–H groups in total. The molecule has 8 rings (SSSR count). The highest BCUT2D eigenvalue weighted by molar-refractivity contribution is 7.18. The average Bonchev–Trinajstić information content (AvgIpc) is 3.67. The summed E-state index contributed by atoms with van der Waals surface area (Å²) < 4.78 is 2.41. The zero-order chi connectivity index (χ0) is 44.2. The van der Waals surface area contributed by atoms with Crippen LogP contribution in [0, 0.1) is 48.1 Å². The summed E-state index contributed by atoms with van der Waals surface area (Å²) in [7, 11) is 0. The lowest BCUT2D eigenvalue weighted by Crippen LogP contribution is -2.18. The van der Waals surface area contributed by atoms with Crippen LogP contribution in [-0.2, 0) is 0 Å². The van der Waals surface area contributed by atoms with Gasteiger partial charge in [0.1, 0.15) is 11.5 Å². The van der Waals surface area contributed by atoms with Gasteiger partial charge in [0.15, 0.2) is 0 Å². The molecule has 0 bridgehead atoms. The molecule has 5 heteroatoms. The molecule has 6 aromatic carbocycles. The van der Waals surface area contributed by atoms with Crippen molar-refractivity contribution in [2.24, 2.45) is 0 Å². The van der Waals surface area contributed by atoms with E-state index in [2.05, 4.69) is 232 Å². The number of anilines is 5. The van der Waals surface area contributed by atoms with E-state index >= 15 is 0 Å². The highest BCUT2D eigenvalue weighted by Crippen LogP contribution is 2.56. The van der Waals surface area contributed by atoms with Crippen LogP contribution in [-0.4, -0.2) is 23.4 Å². The lowest BCUT2D eigenvalue weighted by Gasteiger charge is -2.28. The minimum Gasteiger partial charge on any atom is -0.341 e. The number of thiophene rings is 1. The van der Waals surface area contributed by atoms with Crippen LogP contribution in [0.2, 0.25) is 0 Å². The number of para-hydroxylation sites is 4. The van der Waals surface area contributed by atoms with Gasteiger partial charge in [-0.25, -0.2) is 4.85 Å². The number of allylic oxidation sites excluding steroid dienone is 5. The predicted octanol–water partition coefficient (Wildman–Crippen LogP) is 16.2. The van der Waals surface area contributed by atoms with Crippen molar-refractivity contribution in [3.63, 3.8) is 0 Å². The summed E-state index contributed by atoms with van der Waals surface area (Å²) in [5.74, 6) is 0. The van der Waals surface area contributed by atoms with Gasteiger partial charge < -0.3 is 9.80 Å². The van der Waals surface area contributed by atoms with Gasteiger partial charge in [0.2, 0.25) is 17.1 Å². The van der Waals surface area contributed by atoms with Gasteiger partial charge in [-0.1, -0.05) is 115 Å². The van der Waals surface area contributed by atoms with Crippen molar-refractivity contribution in [3.05, 3.63) is 225 Å². The van der Waals surface area contributed by atoms with Gasteiger partial charge >= 0.3 is 0 Å². The van der Waals surface area contributed by atoms with E-state index in [1.807, 2.05) is 6.07 Å². The molecule has 0 amide bonds. The third kappa shape index (κ3) is 8.23. The molecule has 0 aliphatic heterocycles. The quantitative estimate of drug-likeness (QED) is 0.0951. The minimum atomic E-state index is 0.637. The number of rotatable bonds is 11. The Morgan fingerprint density at radius 2 is 1.11 bits per heavy atom. The molecule has 0 spiro atoms. The minimum absolute atomic E-state index is 0.637. The van der Waals surface area contributed by atoms with E-state index in [1.165, 1.54) is 33.6 Å². The van der Waals surface area contributed by atoms with E-state index in [1.54, 1.807) is 11.3 Å². The summed E-state index contributed by atoms with van der Waals surface area (Å²) in [5, 5.41) is 0.896.